The van der Waals surface area contributed by atoms with Crippen molar-refractivity contribution < 1.29 is 19.4 Å². The van der Waals surface area contributed by atoms with Crippen LogP contribution in [0.15, 0.2) is 28.6 Å². The van der Waals surface area contributed by atoms with Gasteiger partial charge in [-0.25, -0.2) is 9.78 Å². The van der Waals surface area contributed by atoms with Crippen LogP contribution >= 0.6 is 23.1 Å². The average Bonchev–Trinajstić information content (AvgIpc) is 2.83. The van der Waals surface area contributed by atoms with Gasteiger partial charge in [0.1, 0.15) is 5.60 Å². The summed E-state index contributed by atoms with van der Waals surface area (Å²) in [6.07, 6.45) is -0.425. The molecular formula is C17H20N2O4S2. The third kappa shape index (κ3) is 4.24. The molecule has 8 heteroatoms. The van der Waals surface area contributed by atoms with Crippen LogP contribution in [-0.4, -0.2) is 50.5 Å². The number of benzene rings is 1. The van der Waals surface area contributed by atoms with Gasteiger partial charge in [0.25, 0.3) is 0 Å². The van der Waals surface area contributed by atoms with Crippen LogP contribution in [0.3, 0.4) is 0 Å². The zero-order valence-corrected chi connectivity index (χ0v) is 15.9. The number of nitrogens with zero attached hydrogens (tertiary/aromatic N) is 2. The minimum atomic E-state index is -0.877. The molecule has 0 spiro atoms. The second-order valence-electron chi connectivity index (χ2n) is 7.14. The Morgan fingerprint density at radius 2 is 2.04 bits per heavy atom. The Morgan fingerprint density at radius 1 is 1.36 bits per heavy atom. The Balaban J connectivity index is 1.73. The van der Waals surface area contributed by atoms with Gasteiger partial charge in [-0.15, -0.1) is 11.3 Å². The summed E-state index contributed by atoms with van der Waals surface area (Å²) in [6, 6.07) is 7.81. The lowest BCUT2D eigenvalue weighted by Gasteiger charge is -2.48. The molecule has 1 aliphatic rings. The van der Waals surface area contributed by atoms with E-state index in [0.717, 1.165) is 14.6 Å². The first-order valence-electron chi connectivity index (χ1n) is 7.90. The quantitative estimate of drug-likeness (QED) is 0.868. The lowest BCUT2D eigenvalue weighted by Crippen LogP contribution is -2.62. The summed E-state index contributed by atoms with van der Waals surface area (Å²) in [6.45, 7) is 6.12. The second-order valence-corrected chi connectivity index (χ2v) is 9.89. The van der Waals surface area contributed by atoms with E-state index >= 15 is 0 Å². The smallest absolute Gasteiger partial charge is 0.410 e. The first kappa shape index (κ1) is 18.0. The largest absolute Gasteiger partial charge is 0.481 e. The number of aromatic nitrogens is 1. The summed E-state index contributed by atoms with van der Waals surface area (Å²) < 4.78 is 6.69. The van der Waals surface area contributed by atoms with Gasteiger partial charge in [0, 0.05) is 13.1 Å². The van der Waals surface area contributed by atoms with Crippen LogP contribution in [0.1, 0.15) is 27.2 Å². The molecule has 25 heavy (non-hydrogen) atoms. The van der Waals surface area contributed by atoms with Crippen molar-refractivity contribution in [1.29, 1.82) is 0 Å². The van der Waals surface area contributed by atoms with Crippen molar-refractivity contribution in [2.24, 2.45) is 0 Å². The van der Waals surface area contributed by atoms with E-state index in [1.807, 2.05) is 45.0 Å². The highest BCUT2D eigenvalue weighted by Gasteiger charge is 2.49. The number of amides is 1. The number of carbonyl (C=O) groups is 2. The monoisotopic (exact) mass is 380 g/mol. The minimum absolute atomic E-state index is 0.0209. The first-order valence-corrected chi connectivity index (χ1v) is 9.53. The number of carbonyl (C=O) groups excluding carboxylic acids is 1. The summed E-state index contributed by atoms with van der Waals surface area (Å²) in [5, 5.41) is 9.28. The van der Waals surface area contributed by atoms with E-state index in [9.17, 15) is 14.7 Å². The molecule has 1 aromatic heterocycles. The van der Waals surface area contributed by atoms with Crippen LogP contribution in [0.2, 0.25) is 0 Å². The van der Waals surface area contributed by atoms with Crippen LogP contribution < -0.4 is 0 Å². The number of hydrogen-bond donors (Lipinski definition) is 1. The highest BCUT2D eigenvalue weighted by molar-refractivity contribution is 8.02. The maximum absolute atomic E-state index is 12.1. The normalized spacial score (nSPS) is 16.5. The number of likely N-dealkylation sites (tertiary alicyclic amines) is 1. The van der Waals surface area contributed by atoms with Crippen molar-refractivity contribution >= 4 is 45.4 Å². The van der Waals surface area contributed by atoms with Crippen LogP contribution in [0.25, 0.3) is 10.2 Å². The van der Waals surface area contributed by atoms with Crippen molar-refractivity contribution in [3.8, 4) is 0 Å². The van der Waals surface area contributed by atoms with Crippen molar-refractivity contribution in [3.05, 3.63) is 24.3 Å². The Bertz CT molecular complexity index is 773. The van der Waals surface area contributed by atoms with E-state index in [2.05, 4.69) is 4.98 Å². The summed E-state index contributed by atoms with van der Waals surface area (Å²) >= 11 is 2.99. The molecule has 1 fully saturated rings. The molecule has 0 aliphatic carbocycles. The molecule has 2 aromatic rings. The van der Waals surface area contributed by atoms with Crippen LogP contribution in [0, 0.1) is 0 Å². The summed E-state index contributed by atoms with van der Waals surface area (Å²) in [7, 11) is 0. The number of aliphatic carboxylic acids is 1. The molecule has 1 aliphatic heterocycles. The number of hydrogen-bond acceptors (Lipinski definition) is 6. The fourth-order valence-corrected chi connectivity index (χ4v) is 5.49. The lowest BCUT2D eigenvalue weighted by atomic mass is 9.95. The number of rotatable bonds is 4. The molecule has 0 saturated carbocycles. The van der Waals surface area contributed by atoms with E-state index in [1.54, 1.807) is 16.2 Å². The summed E-state index contributed by atoms with van der Waals surface area (Å²) in [5.41, 5.74) is 0.339. The van der Waals surface area contributed by atoms with Gasteiger partial charge in [0.2, 0.25) is 0 Å². The molecular weight excluding hydrogens is 360 g/mol. The third-order valence-electron chi connectivity index (χ3n) is 3.66. The molecule has 6 nitrogen and oxygen atoms in total. The van der Waals surface area contributed by atoms with E-state index < -0.39 is 22.4 Å². The van der Waals surface area contributed by atoms with Gasteiger partial charge < -0.3 is 14.7 Å². The molecule has 1 aromatic carbocycles. The number of carboxylic acids is 1. The average molecular weight is 380 g/mol. The van der Waals surface area contributed by atoms with Crippen molar-refractivity contribution in [2.45, 2.75) is 41.9 Å². The van der Waals surface area contributed by atoms with Gasteiger partial charge in [-0.05, 0) is 32.9 Å². The predicted octanol–water partition coefficient (Wildman–Crippen LogP) is 3.85. The molecule has 0 bridgehead atoms. The number of fused-ring (bicyclic) bond motifs is 1. The summed E-state index contributed by atoms with van der Waals surface area (Å²) in [5.74, 6) is -0.877. The molecule has 1 amide bonds. The van der Waals surface area contributed by atoms with Gasteiger partial charge in [-0.1, -0.05) is 23.9 Å². The number of thioether (sulfide) groups is 1. The van der Waals surface area contributed by atoms with Gasteiger partial charge in [0.05, 0.1) is 21.4 Å². The van der Waals surface area contributed by atoms with Crippen LogP contribution in [0.4, 0.5) is 4.79 Å². The molecule has 1 N–H and O–H groups in total. The number of ether oxygens (including phenoxy) is 1. The number of carboxylic acid groups (broad SMARTS) is 1. The standard InChI is InChI=1S/C17H20N2O4S2/c1-16(2,3)23-15(22)19-9-17(10-19,8-13(20)21)25-14-18-11-6-4-5-7-12(11)24-14/h4-7H,8-10H2,1-3H3,(H,20,21). The Morgan fingerprint density at radius 3 is 2.64 bits per heavy atom. The van der Waals surface area contributed by atoms with Gasteiger partial charge >= 0.3 is 12.1 Å². The van der Waals surface area contributed by atoms with Gasteiger partial charge in [-0.3, -0.25) is 4.79 Å². The fraction of sp³-hybridized carbons (Fsp3) is 0.471. The van der Waals surface area contributed by atoms with E-state index in [1.165, 1.54) is 11.8 Å². The van der Waals surface area contributed by atoms with E-state index in [0.29, 0.717) is 13.1 Å². The minimum Gasteiger partial charge on any atom is -0.481 e. The van der Waals surface area contributed by atoms with Crippen molar-refractivity contribution in [1.82, 2.24) is 9.88 Å². The van der Waals surface area contributed by atoms with Gasteiger partial charge in [-0.2, -0.15) is 0 Å². The molecule has 0 unspecified atom stereocenters. The molecule has 0 atom stereocenters. The lowest BCUT2D eigenvalue weighted by molar-refractivity contribution is -0.138. The summed E-state index contributed by atoms with van der Waals surface area (Å²) in [4.78, 5) is 29.6. The Kier molecular flexibility index (Phi) is 4.68. The van der Waals surface area contributed by atoms with Gasteiger partial charge in [0.15, 0.2) is 4.34 Å². The zero-order valence-electron chi connectivity index (χ0n) is 14.3. The van der Waals surface area contributed by atoms with Crippen LogP contribution in [0.5, 0.6) is 0 Å². The predicted molar refractivity (Wildman–Crippen MR) is 98.3 cm³/mol. The second kappa shape index (κ2) is 6.49. The maximum atomic E-state index is 12.1. The molecule has 0 radical (unpaired) electrons. The van der Waals surface area contributed by atoms with E-state index in [4.69, 9.17) is 4.74 Å². The molecule has 1 saturated heterocycles. The number of thiazole rings is 1. The Labute approximate surface area is 154 Å². The first-order chi connectivity index (χ1) is 11.7. The highest BCUT2D eigenvalue weighted by atomic mass is 32.2. The SMILES string of the molecule is CC(C)(C)OC(=O)N1CC(CC(=O)O)(Sc2nc3ccccc3s2)C1. The Hall–Kier alpha value is -1.80. The van der Waals surface area contributed by atoms with Crippen molar-refractivity contribution in [3.63, 3.8) is 0 Å². The molecule has 3 rings (SSSR count). The maximum Gasteiger partial charge on any atom is 0.410 e. The van der Waals surface area contributed by atoms with E-state index in [-0.39, 0.29) is 6.42 Å². The third-order valence-corrected chi connectivity index (χ3v) is 6.09. The number of para-hydroxylation sites is 1. The van der Waals surface area contributed by atoms with Crippen LogP contribution in [-0.2, 0) is 9.53 Å². The molecule has 2 heterocycles. The highest BCUT2D eigenvalue weighted by Crippen LogP contribution is 2.45. The molecule has 134 valence electrons. The topological polar surface area (TPSA) is 79.7 Å². The zero-order chi connectivity index (χ0) is 18.2. The van der Waals surface area contributed by atoms with Crippen molar-refractivity contribution in [2.75, 3.05) is 13.1 Å². The fourth-order valence-electron chi connectivity index (χ4n) is 2.67.